The second-order valence-electron chi connectivity index (χ2n) is 7.25. The van der Waals surface area contributed by atoms with Crippen molar-refractivity contribution in [2.75, 3.05) is 14.2 Å². The lowest BCUT2D eigenvalue weighted by Crippen LogP contribution is -2.12. The van der Waals surface area contributed by atoms with Crippen LogP contribution in [0.5, 0.6) is 23.0 Å². The molecule has 0 N–H and O–H groups in total. The molecule has 1 heterocycles. The fraction of sp³-hybridized carbons (Fsp3) is 0.154. The highest BCUT2D eigenvalue weighted by molar-refractivity contribution is 6.15. The summed E-state index contributed by atoms with van der Waals surface area (Å²) in [6.07, 6.45) is 1.78. The predicted octanol–water partition coefficient (Wildman–Crippen LogP) is 4.78. The van der Waals surface area contributed by atoms with E-state index in [4.69, 9.17) is 18.9 Å². The highest BCUT2D eigenvalue weighted by atomic mass is 16.5. The molecule has 6 heteroatoms. The summed E-state index contributed by atoms with van der Waals surface area (Å²) in [7, 11) is 3.11. The summed E-state index contributed by atoms with van der Waals surface area (Å²) < 4.78 is 22.0. The Kier molecular flexibility index (Phi) is 5.94. The van der Waals surface area contributed by atoms with E-state index in [-0.39, 0.29) is 23.9 Å². The minimum atomic E-state index is -0.387. The molecule has 162 valence electrons. The molecule has 4 rings (SSSR count). The first-order valence-corrected chi connectivity index (χ1v) is 10.0. The predicted molar refractivity (Wildman–Crippen MR) is 119 cm³/mol. The van der Waals surface area contributed by atoms with E-state index in [2.05, 4.69) is 0 Å². The number of methoxy groups -OCH3 is 2. The number of carbonyl (C=O) groups is 2. The van der Waals surface area contributed by atoms with Crippen LogP contribution >= 0.6 is 0 Å². The Morgan fingerprint density at radius 3 is 2.47 bits per heavy atom. The maximum absolute atomic E-state index is 12.9. The molecule has 0 unspecified atom stereocenters. The van der Waals surface area contributed by atoms with E-state index in [1.54, 1.807) is 57.6 Å². The van der Waals surface area contributed by atoms with Gasteiger partial charge >= 0.3 is 5.97 Å². The van der Waals surface area contributed by atoms with E-state index >= 15 is 0 Å². The Bertz CT molecular complexity index is 1210. The minimum Gasteiger partial charge on any atom is -0.497 e. The van der Waals surface area contributed by atoms with Crippen molar-refractivity contribution in [1.29, 1.82) is 0 Å². The van der Waals surface area contributed by atoms with Crippen molar-refractivity contribution in [1.82, 2.24) is 0 Å². The summed E-state index contributed by atoms with van der Waals surface area (Å²) in [6, 6.07) is 17.9. The van der Waals surface area contributed by atoms with Gasteiger partial charge in [-0.2, -0.15) is 0 Å². The quantitative estimate of drug-likeness (QED) is 0.319. The molecule has 3 aromatic carbocycles. The molecule has 32 heavy (non-hydrogen) atoms. The Labute approximate surface area is 186 Å². The molecular formula is C26H22O6. The molecule has 0 atom stereocenters. The van der Waals surface area contributed by atoms with E-state index in [0.29, 0.717) is 39.7 Å². The number of carbonyl (C=O) groups excluding carboxylic acids is 2. The summed E-state index contributed by atoms with van der Waals surface area (Å²) in [6.45, 7) is 1.76. The second-order valence-corrected chi connectivity index (χ2v) is 7.25. The van der Waals surface area contributed by atoms with Crippen molar-refractivity contribution < 1.29 is 28.5 Å². The third kappa shape index (κ3) is 4.21. The van der Waals surface area contributed by atoms with Gasteiger partial charge in [0.05, 0.1) is 26.2 Å². The number of ketones is 1. The fourth-order valence-electron chi connectivity index (χ4n) is 3.48. The normalized spacial score (nSPS) is 13.5. The van der Waals surface area contributed by atoms with E-state index in [9.17, 15) is 9.59 Å². The van der Waals surface area contributed by atoms with Gasteiger partial charge in [-0.1, -0.05) is 30.3 Å². The second kappa shape index (κ2) is 8.98. The molecule has 0 saturated heterocycles. The van der Waals surface area contributed by atoms with Gasteiger partial charge < -0.3 is 18.9 Å². The van der Waals surface area contributed by atoms with Crippen LogP contribution in [0.1, 0.15) is 27.0 Å². The van der Waals surface area contributed by atoms with E-state index in [1.807, 2.05) is 30.3 Å². The molecule has 1 aliphatic rings. The largest absolute Gasteiger partial charge is 0.497 e. The Morgan fingerprint density at radius 1 is 0.969 bits per heavy atom. The zero-order chi connectivity index (χ0) is 22.7. The van der Waals surface area contributed by atoms with E-state index in [0.717, 1.165) is 5.56 Å². The van der Waals surface area contributed by atoms with Gasteiger partial charge in [0.25, 0.3) is 0 Å². The lowest BCUT2D eigenvalue weighted by atomic mass is 10.1. The zero-order valence-electron chi connectivity index (χ0n) is 18.0. The van der Waals surface area contributed by atoms with Crippen LogP contribution in [0.15, 0.2) is 66.4 Å². The molecule has 0 saturated carbocycles. The maximum atomic E-state index is 12.9. The van der Waals surface area contributed by atoms with Crippen LogP contribution in [0.25, 0.3) is 6.08 Å². The first kappa shape index (κ1) is 21.2. The lowest BCUT2D eigenvalue weighted by Gasteiger charge is -2.10. The molecule has 0 fully saturated rings. The third-order valence-electron chi connectivity index (χ3n) is 5.18. The number of hydrogen-bond donors (Lipinski definition) is 0. The Balaban J connectivity index is 1.57. The van der Waals surface area contributed by atoms with Crippen molar-refractivity contribution in [2.24, 2.45) is 0 Å². The topological polar surface area (TPSA) is 71.1 Å². The standard InChI is InChI=1S/C26H22O6/c1-16-21(31-24(27)13-17-7-5-4-6-8-17)12-11-20-25(28)23(32-26(16)20)14-18-9-10-19(29-2)15-22(18)30-3/h4-12,14-15H,13H2,1-3H3/b23-14-. The molecule has 0 radical (unpaired) electrons. The van der Waals surface area contributed by atoms with Gasteiger partial charge in [-0.15, -0.1) is 0 Å². The van der Waals surface area contributed by atoms with Gasteiger partial charge in [-0.25, -0.2) is 0 Å². The van der Waals surface area contributed by atoms with Crippen molar-refractivity contribution in [3.05, 3.63) is 88.7 Å². The molecule has 1 aliphatic heterocycles. The first-order valence-electron chi connectivity index (χ1n) is 10.0. The van der Waals surface area contributed by atoms with Crippen molar-refractivity contribution in [2.45, 2.75) is 13.3 Å². The summed E-state index contributed by atoms with van der Waals surface area (Å²) in [5.74, 6) is 1.48. The minimum absolute atomic E-state index is 0.152. The summed E-state index contributed by atoms with van der Waals surface area (Å²) in [5.41, 5.74) is 2.55. The highest BCUT2D eigenvalue weighted by Gasteiger charge is 2.31. The van der Waals surface area contributed by atoms with Crippen LogP contribution < -0.4 is 18.9 Å². The molecule has 0 aromatic heterocycles. The summed E-state index contributed by atoms with van der Waals surface area (Å²) in [4.78, 5) is 25.2. The van der Waals surface area contributed by atoms with Crippen molar-refractivity contribution in [3.8, 4) is 23.0 Å². The van der Waals surface area contributed by atoms with Crippen LogP contribution in [0.2, 0.25) is 0 Å². The van der Waals surface area contributed by atoms with E-state index < -0.39 is 0 Å². The van der Waals surface area contributed by atoms with Gasteiger partial charge in [0, 0.05) is 17.2 Å². The third-order valence-corrected chi connectivity index (χ3v) is 5.18. The number of benzene rings is 3. The average molecular weight is 430 g/mol. The van der Waals surface area contributed by atoms with Gasteiger partial charge in [0.2, 0.25) is 5.78 Å². The Morgan fingerprint density at radius 2 is 1.75 bits per heavy atom. The van der Waals surface area contributed by atoms with Crippen LogP contribution in [-0.2, 0) is 11.2 Å². The summed E-state index contributed by atoms with van der Waals surface area (Å²) >= 11 is 0. The molecule has 0 amide bonds. The first-order chi connectivity index (χ1) is 15.5. The SMILES string of the molecule is COc1ccc(/C=C2\Oc3c(ccc(OC(=O)Cc4ccccc4)c3C)C2=O)c(OC)c1. The van der Waals surface area contributed by atoms with Gasteiger partial charge in [-0.05, 0) is 42.8 Å². The zero-order valence-corrected chi connectivity index (χ0v) is 18.0. The van der Waals surface area contributed by atoms with Crippen LogP contribution in [0.4, 0.5) is 0 Å². The monoisotopic (exact) mass is 430 g/mol. The molecule has 3 aromatic rings. The molecule has 0 aliphatic carbocycles. The number of allylic oxidation sites excluding steroid dienone is 1. The Hall–Kier alpha value is -4.06. The smallest absolute Gasteiger partial charge is 0.315 e. The van der Waals surface area contributed by atoms with Crippen LogP contribution in [0, 0.1) is 6.92 Å². The summed E-state index contributed by atoms with van der Waals surface area (Å²) in [5, 5.41) is 0. The number of fused-ring (bicyclic) bond motifs is 1. The van der Waals surface area contributed by atoms with Gasteiger partial charge in [0.1, 0.15) is 23.0 Å². The fourth-order valence-corrected chi connectivity index (χ4v) is 3.48. The van der Waals surface area contributed by atoms with Gasteiger partial charge in [-0.3, -0.25) is 9.59 Å². The van der Waals surface area contributed by atoms with Crippen LogP contribution in [-0.4, -0.2) is 26.0 Å². The number of hydrogen-bond acceptors (Lipinski definition) is 6. The van der Waals surface area contributed by atoms with Crippen molar-refractivity contribution >= 4 is 17.8 Å². The maximum Gasteiger partial charge on any atom is 0.315 e. The highest BCUT2D eigenvalue weighted by Crippen LogP contribution is 2.40. The molecular weight excluding hydrogens is 408 g/mol. The van der Waals surface area contributed by atoms with E-state index in [1.165, 1.54) is 0 Å². The average Bonchev–Trinajstić information content (AvgIpc) is 3.12. The van der Waals surface area contributed by atoms with Crippen LogP contribution in [0.3, 0.4) is 0 Å². The number of Topliss-reactive ketones (excluding diaryl/α,β-unsaturated/α-hetero) is 1. The number of ether oxygens (including phenoxy) is 4. The lowest BCUT2D eigenvalue weighted by molar-refractivity contribution is -0.133. The molecule has 0 bridgehead atoms. The van der Waals surface area contributed by atoms with Gasteiger partial charge in [0.15, 0.2) is 5.76 Å². The van der Waals surface area contributed by atoms with Crippen molar-refractivity contribution in [3.63, 3.8) is 0 Å². The molecule has 6 nitrogen and oxygen atoms in total. The number of rotatable bonds is 6. The molecule has 0 spiro atoms. The number of esters is 1.